The number of nitrogens with one attached hydrogen (secondary N) is 4. The van der Waals surface area contributed by atoms with Gasteiger partial charge in [-0.2, -0.15) is 10.1 Å². The van der Waals surface area contributed by atoms with E-state index in [2.05, 4.69) is 39.0 Å². The van der Waals surface area contributed by atoms with Crippen molar-refractivity contribution in [3.8, 4) is 5.88 Å². The Morgan fingerprint density at radius 1 is 1.24 bits per heavy atom. The molecule has 2 aliphatic rings. The monoisotopic (exact) mass is 457 g/mol. The molecule has 1 atom stereocenters. The zero-order valence-electron chi connectivity index (χ0n) is 19.0. The number of hydrogen-bond acceptors (Lipinski definition) is 8. The van der Waals surface area contributed by atoms with E-state index in [-0.39, 0.29) is 24.9 Å². The second-order valence-corrected chi connectivity index (χ2v) is 8.50. The number of aromatic nitrogens is 2. The predicted molar refractivity (Wildman–Crippen MR) is 124 cm³/mol. The second-order valence-electron chi connectivity index (χ2n) is 8.50. The molecule has 8 nitrogen and oxygen atoms in total. The maximum Gasteiger partial charge on any atom is 0.248 e. The first-order valence-electron chi connectivity index (χ1n) is 11.1. The lowest BCUT2D eigenvalue weighted by Gasteiger charge is -2.29. The molecule has 2 heterocycles. The first-order chi connectivity index (χ1) is 15.8. The zero-order valence-corrected chi connectivity index (χ0v) is 19.0. The van der Waals surface area contributed by atoms with Crippen LogP contribution in [0, 0.1) is 5.53 Å². The molecule has 176 valence electrons. The van der Waals surface area contributed by atoms with E-state index in [9.17, 15) is 8.78 Å². The van der Waals surface area contributed by atoms with Crippen LogP contribution in [0.25, 0.3) is 5.57 Å². The summed E-state index contributed by atoms with van der Waals surface area (Å²) in [6, 6.07) is 5.61. The molecule has 0 amide bonds. The molecule has 4 N–H and O–H groups in total. The van der Waals surface area contributed by atoms with Gasteiger partial charge in [-0.3, -0.25) is 0 Å². The number of hydrogen-bond donors (Lipinski definition) is 4. The fraction of sp³-hybridized carbons (Fsp3) is 0.478. The number of anilines is 2. The highest BCUT2D eigenvalue weighted by Crippen LogP contribution is 2.38. The second kappa shape index (κ2) is 9.38. The van der Waals surface area contributed by atoms with Crippen molar-refractivity contribution in [3.05, 3.63) is 41.1 Å². The smallest absolute Gasteiger partial charge is 0.248 e. The molecule has 0 unspecified atom stereocenters. The van der Waals surface area contributed by atoms with Crippen LogP contribution in [0.5, 0.6) is 5.88 Å². The molecule has 0 bridgehead atoms. The minimum Gasteiger partial charge on any atom is -0.480 e. The van der Waals surface area contributed by atoms with Crippen molar-refractivity contribution in [2.45, 2.75) is 57.2 Å². The molecule has 10 heteroatoms. The van der Waals surface area contributed by atoms with Crippen LogP contribution in [0.1, 0.15) is 49.4 Å². The topological polar surface area (TPSA) is 107 Å². The Morgan fingerprint density at radius 2 is 2.00 bits per heavy atom. The highest BCUT2D eigenvalue weighted by Gasteiger charge is 2.35. The van der Waals surface area contributed by atoms with Crippen LogP contribution in [-0.2, 0) is 6.54 Å². The van der Waals surface area contributed by atoms with Gasteiger partial charge in [0.05, 0.1) is 24.1 Å². The fourth-order valence-electron chi connectivity index (χ4n) is 4.35. The highest BCUT2D eigenvalue weighted by atomic mass is 19.3. The molecule has 1 fully saturated rings. The summed E-state index contributed by atoms with van der Waals surface area (Å²) in [7, 11) is 3.35. The fourth-order valence-corrected chi connectivity index (χ4v) is 4.35. The molecule has 0 saturated heterocycles. The van der Waals surface area contributed by atoms with Crippen molar-refractivity contribution in [1.82, 2.24) is 15.3 Å². The number of nitrogens with zero attached hydrogens (tertiary/aromatic N) is 3. The Kier molecular flexibility index (Phi) is 6.55. The summed E-state index contributed by atoms with van der Waals surface area (Å²) in [4.78, 5) is 9.33. The third-order valence-corrected chi connectivity index (χ3v) is 6.17. The van der Waals surface area contributed by atoms with E-state index < -0.39 is 5.92 Å². The van der Waals surface area contributed by atoms with Crippen molar-refractivity contribution >= 4 is 22.9 Å². The maximum absolute atomic E-state index is 13.5. The van der Waals surface area contributed by atoms with Gasteiger partial charge in [-0.05, 0) is 43.0 Å². The van der Waals surface area contributed by atoms with Crippen LogP contribution in [-0.4, -0.2) is 42.1 Å². The molecule has 2 aromatic rings. The molecule has 1 aromatic heterocycles. The van der Waals surface area contributed by atoms with E-state index in [1.54, 1.807) is 20.2 Å². The number of methoxy groups -OCH3 is 1. The minimum absolute atomic E-state index is 0.0643. The van der Waals surface area contributed by atoms with Crippen LogP contribution >= 0.6 is 0 Å². The van der Waals surface area contributed by atoms with Gasteiger partial charge in [-0.1, -0.05) is 12.1 Å². The minimum atomic E-state index is -2.58. The van der Waals surface area contributed by atoms with E-state index >= 15 is 0 Å². The molecular weight excluding hydrogens is 428 g/mol. The standard InChI is InChI=1S/C23H29F2N7O/c1-13-10-16(14-4-5-17(32-26)18(11-14)27-2)20-19(12-28-13)30-22(31-21(20)33-3)29-15-6-8-23(24,25)9-7-15/h4-5,10-11,13,15,26-28H,6-9,12H2,1-3H3,(H,29,30,31)/t13-/m1/s1. The number of fused-ring (bicyclic) bond motifs is 1. The number of benzene rings is 1. The third-order valence-electron chi connectivity index (χ3n) is 6.17. The summed E-state index contributed by atoms with van der Waals surface area (Å²) in [5.41, 5.74) is 12.0. The molecule has 1 aliphatic carbocycles. The molecule has 33 heavy (non-hydrogen) atoms. The number of ether oxygens (including phenoxy) is 1. The van der Waals surface area contributed by atoms with Gasteiger partial charge in [0.1, 0.15) is 5.69 Å². The van der Waals surface area contributed by atoms with Crippen molar-refractivity contribution in [3.63, 3.8) is 0 Å². The van der Waals surface area contributed by atoms with Gasteiger partial charge < -0.3 is 20.7 Å². The molecule has 0 spiro atoms. The number of halogens is 2. The first kappa shape index (κ1) is 23.0. The van der Waals surface area contributed by atoms with Gasteiger partial charge in [0.15, 0.2) is 0 Å². The summed E-state index contributed by atoms with van der Waals surface area (Å²) < 4.78 is 32.7. The van der Waals surface area contributed by atoms with Gasteiger partial charge in [-0.15, -0.1) is 0 Å². The Hall–Kier alpha value is -3.14. The quantitative estimate of drug-likeness (QED) is 0.450. The van der Waals surface area contributed by atoms with Crippen molar-refractivity contribution in [2.75, 3.05) is 24.8 Å². The van der Waals surface area contributed by atoms with E-state index in [1.807, 2.05) is 12.1 Å². The van der Waals surface area contributed by atoms with Gasteiger partial charge in [0.2, 0.25) is 17.8 Å². The molecule has 4 rings (SSSR count). The largest absolute Gasteiger partial charge is 0.480 e. The Morgan fingerprint density at radius 3 is 2.67 bits per heavy atom. The molecule has 1 saturated carbocycles. The maximum atomic E-state index is 13.5. The van der Waals surface area contributed by atoms with Crippen LogP contribution in [0.4, 0.5) is 26.1 Å². The lowest BCUT2D eigenvalue weighted by Crippen LogP contribution is -2.32. The van der Waals surface area contributed by atoms with Crippen molar-refractivity contribution in [1.29, 1.82) is 5.53 Å². The van der Waals surface area contributed by atoms with Crippen LogP contribution in [0.2, 0.25) is 0 Å². The Bertz CT molecular complexity index is 1060. The van der Waals surface area contributed by atoms with Gasteiger partial charge in [0, 0.05) is 38.5 Å². The highest BCUT2D eigenvalue weighted by molar-refractivity contribution is 5.87. The van der Waals surface area contributed by atoms with E-state index in [0.717, 1.165) is 28.1 Å². The van der Waals surface area contributed by atoms with E-state index in [0.29, 0.717) is 36.9 Å². The SMILES string of the molecule is CNc1cc(C2=C[C@@H](C)NCc3nc(NC4CCC(F)(F)CC4)nc(OC)c32)ccc1N=N. The van der Waals surface area contributed by atoms with Crippen molar-refractivity contribution < 1.29 is 13.5 Å². The Balaban J connectivity index is 1.72. The average Bonchev–Trinajstić information content (AvgIpc) is 2.98. The predicted octanol–water partition coefficient (Wildman–Crippen LogP) is 5.10. The van der Waals surface area contributed by atoms with Crippen molar-refractivity contribution in [2.24, 2.45) is 5.11 Å². The summed E-state index contributed by atoms with van der Waals surface area (Å²) >= 11 is 0. The summed E-state index contributed by atoms with van der Waals surface area (Å²) in [5.74, 6) is -1.78. The van der Waals surface area contributed by atoms with Crippen LogP contribution in [0.3, 0.4) is 0 Å². The Labute approximate surface area is 191 Å². The normalized spacial score (nSPS) is 20.3. The zero-order chi connectivity index (χ0) is 23.6. The summed E-state index contributed by atoms with van der Waals surface area (Å²) in [6.07, 6.45) is 2.58. The molecule has 1 aromatic carbocycles. The van der Waals surface area contributed by atoms with Crippen LogP contribution < -0.4 is 20.7 Å². The van der Waals surface area contributed by atoms with Gasteiger partial charge in [-0.25, -0.2) is 19.3 Å². The number of rotatable bonds is 6. The number of alkyl halides is 2. The molecule has 1 aliphatic heterocycles. The van der Waals surface area contributed by atoms with Crippen LogP contribution in [0.15, 0.2) is 29.4 Å². The first-order valence-corrected chi connectivity index (χ1v) is 11.1. The average molecular weight is 458 g/mol. The molecule has 0 radical (unpaired) electrons. The third kappa shape index (κ3) is 4.95. The van der Waals surface area contributed by atoms with E-state index in [4.69, 9.17) is 15.3 Å². The van der Waals surface area contributed by atoms with E-state index in [1.165, 1.54) is 0 Å². The summed E-state index contributed by atoms with van der Waals surface area (Å²) in [6.45, 7) is 2.56. The van der Waals surface area contributed by atoms with Gasteiger partial charge in [0.25, 0.3) is 0 Å². The lowest BCUT2D eigenvalue weighted by atomic mass is 9.92. The summed E-state index contributed by atoms with van der Waals surface area (Å²) in [5, 5.41) is 13.3. The lowest BCUT2D eigenvalue weighted by molar-refractivity contribution is -0.0361. The molecular formula is C23H29F2N7O. The van der Waals surface area contributed by atoms with Gasteiger partial charge >= 0.3 is 0 Å².